The lowest BCUT2D eigenvalue weighted by molar-refractivity contribution is 0.412. The fraction of sp³-hybridized carbons (Fsp3) is 0.615. The van der Waals surface area contributed by atoms with Gasteiger partial charge in [0.15, 0.2) is 6.19 Å². The summed E-state index contributed by atoms with van der Waals surface area (Å²) in [6.07, 6.45) is 3.61. The van der Waals surface area contributed by atoms with E-state index < -0.39 is 0 Å². The molecule has 0 amide bonds. The number of likely N-dealkylation sites (N-methyl/N-ethyl adjacent to an activating group) is 1. The zero-order valence-electron chi connectivity index (χ0n) is 12.8. The third-order valence-corrected chi connectivity index (χ3v) is 3.68. The van der Waals surface area contributed by atoms with Crippen LogP contribution in [0.4, 0.5) is 0 Å². The molecule has 0 fully saturated rings. The summed E-state index contributed by atoms with van der Waals surface area (Å²) in [6, 6.07) is 0. The Morgan fingerprint density at radius 2 is 2.38 bits per heavy atom. The number of nitriles is 1. The molecule has 0 unspecified atom stereocenters. The van der Waals surface area contributed by atoms with E-state index in [0.717, 1.165) is 36.0 Å². The van der Waals surface area contributed by atoms with Crippen molar-refractivity contribution in [1.29, 1.82) is 5.26 Å². The number of aryl methyl sites for hydroxylation is 1. The molecule has 3 N–H and O–H groups in total. The number of guanidine groups is 1. The number of aromatic nitrogens is 2. The molecule has 0 saturated heterocycles. The van der Waals surface area contributed by atoms with Crippen LogP contribution in [0.15, 0.2) is 11.3 Å². The standard InChI is InChI=1S/C13H23N7S/c1-11-12(19-10-18-11)8-21-7-5-16-13(17-9-14)15-4-6-20(2)3/h10H,4-8H2,1-3H3,(H,18,19)(H2,15,16,17). The van der Waals surface area contributed by atoms with Crippen molar-refractivity contribution in [3.8, 4) is 6.19 Å². The largest absolute Gasteiger partial charge is 0.354 e. The highest BCUT2D eigenvalue weighted by molar-refractivity contribution is 7.98. The topological polar surface area (TPSA) is 92.1 Å². The quantitative estimate of drug-likeness (QED) is 0.213. The van der Waals surface area contributed by atoms with Gasteiger partial charge in [0.2, 0.25) is 5.96 Å². The first-order chi connectivity index (χ1) is 10.1. The number of nitrogens with zero attached hydrogens (tertiary/aromatic N) is 4. The van der Waals surface area contributed by atoms with Gasteiger partial charge in [-0.1, -0.05) is 0 Å². The van der Waals surface area contributed by atoms with Crippen molar-refractivity contribution in [2.24, 2.45) is 4.99 Å². The van der Waals surface area contributed by atoms with Gasteiger partial charge in [0.25, 0.3) is 0 Å². The number of H-pyrrole nitrogens is 1. The summed E-state index contributed by atoms with van der Waals surface area (Å²) in [6.45, 7) is 4.30. The van der Waals surface area contributed by atoms with Crippen molar-refractivity contribution >= 4 is 17.7 Å². The Balaban J connectivity index is 2.24. The van der Waals surface area contributed by atoms with Crippen molar-refractivity contribution in [3.63, 3.8) is 0 Å². The third kappa shape index (κ3) is 7.58. The highest BCUT2D eigenvalue weighted by Crippen LogP contribution is 2.11. The molecule has 0 bridgehead atoms. The zero-order chi connectivity index (χ0) is 15.5. The summed E-state index contributed by atoms with van der Waals surface area (Å²) in [5.74, 6) is 2.33. The molecule has 0 radical (unpaired) electrons. The molecular formula is C13H23N7S. The van der Waals surface area contributed by atoms with E-state index in [-0.39, 0.29) is 0 Å². The Kier molecular flexibility index (Phi) is 8.31. The second-order valence-corrected chi connectivity index (χ2v) is 5.82. The van der Waals surface area contributed by atoms with Crippen LogP contribution in [0.25, 0.3) is 0 Å². The zero-order valence-corrected chi connectivity index (χ0v) is 13.6. The van der Waals surface area contributed by atoms with E-state index in [0.29, 0.717) is 12.5 Å². The maximum atomic E-state index is 8.69. The molecular weight excluding hydrogens is 286 g/mol. The van der Waals surface area contributed by atoms with Crippen molar-refractivity contribution in [2.45, 2.75) is 12.7 Å². The highest BCUT2D eigenvalue weighted by Gasteiger charge is 2.01. The monoisotopic (exact) mass is 309 g/mol. The minimum Gasteiger partial charge on any atom is -0.354 e. The SMILES string of the molecule is Cc1nc[nH]c1CSCC/N=C(\NC#N)NCCN(C)C. The summed E-state index contributed by atoms with van der Waals surface area (Å²) in [4.78, 5) is 13.7. The van der Waals surface area contributed by atoms with Gasteiger partial charge in [-0.15, -0.1) is 0 Å². The average molecular weight is 309 g/mol. The predicted octanol–water partition coefficient (Wildman–Crippen LogP) is 0.529. The summed E-state index contributed by atoms with van der Waals surface area (Å²) < 4.78 is 0. The van der Waals surface area contributed by atoms with Crippen LogP contribution >= 0.6 is 11.8 Å². The number of imidazole rings is 1. The molecule has 1 rings (SSSR count). The average Bonchev–Trinajstić information content (AvgIpc) is 2.83. The highest BCUT2D eigenvalue weighted by atomic mass is 32.2. The van der Waals surface area contributed by atoms with Crippen LogP contribution in [0.3, 0.4) is 0 Å². The number of rotatable bonds is 8. The van der Waals surface area contributed by atoms with E-state index in [1.54, 1.807) is 18.1 Å². The van der Waals surface area contributed by atoms with Crippen molar-refractivity contribution in [1.82, 2.24) is 25.5 Å². The Hall–Kier alpha value is -1.72. The Morgan fingerprint density at radius 1 is 1.57 bits per heavy atom. The molecule has 0 atom stereocenters. The van der Waals surface area contributed by atoms with E-state index in [1.807, 2.05) is 27.2 Å². The van der Waals surface area contributed by atoms with E-state index in [2.05, 4.69) is 30.5 Å². The van der Waals surface area contributed by atoms with Gasteiger partial charge in [0, 0.05) is 30.3 Å². The second-order valence-electron chi connectivity index (χ2n) is 4.72. The van der Waals surface area contributed by atoms with Gasteiger partial charge in [-0.3, -0.25) is 10.3 Å². The lowest BCUT2D eigenvalue weighted by Gasteiger charge is -2.11. The van der Waals surface area contributed by atoms with Gasteiger partial charge >= 0.3 is 0 Å². The number of hydrogen-bond donors (Lipinski definition) is 3. The van der Waals surface area contributed by atoms with Gasteiger partial charge in [-0.2, -0.15) is 17.0 Å². The lowest BCUT2D eigenvalue weighted by Crippen LogP contribution is -2.38. The van der Waals surface area contributed by atoms with Gasteiger partial charge in [-0.05, 0) is 21.0 Å². The van der Waals surface area contributed by atoms with Crippen LogP contribution in [-0.2, 0) is 5.75 Å². The Morgan fingerprint density at radius 3 is 3.00 bits per heavy atom. The Labute approximate surface area is 130 Å². The predicted molar refractivity (Wildman–Crippen MR) is 87.1 cm³/mol. The first-order valence-electron chi connectivity index (χ1n) is 6.78. The van der Waals surface area contributed by atoms with Crippen LogP contribution in [0.5, 0.6) is 0 Å². The molecule has 0 aliphatic heterocycles. The molecule has 1 aromatic heterocycles. The fourth-order valence-electron chi connectivity index (χ4n) is 1.52. The first kappa shape index (κ1) is 17.3. The molecule has 7 nitrogen and oxygen atoms in total. The summed E-state index contributed by atoms with van der Waals surface area (Å²) in [7, 11) is 4.01. The first-order valence-corrected chi connectivity index (χ1v) is 7.93. The van der Waals surface area contributed by atoms with E-state index in [9.17, 15) is 0 Å². The van der Waals surface area contributed by atoms with Gasteiger partial charge in [-0.25, -0.2) is 4.98 Å². The van der Waals surface area contributed by atoms with Crippen molar-refractivity contribution in [2.75, 3.05) is 39.5 Å². The van der Waals surface area contributed by atoms with E-state index in [4.69, 9.17) is 5.26 Å². The number of hydrogen-bond acceptors (Lipinski definition) is 5. The van der Waals surface area contributed by atoms with Crippen LogP contribution in [0.2, 0.25) is 0 Å². The van der Waals surface area contributed by atoms with Crippen molar-refractivity contribution < 1.29 is 0 Å². The molecule has 8 heteroatoms. The maximum absolute atomic E-state index is 8.69. The normalized spacial score (nSPS) is 11.5. The molecule has 0 aliphatic rings. The molecule has 0 saturated carbocycles. The van der Waals surface area contributed by atoms with Crippen molar-refractivity contribution in [3.05, 3.63) is 17.7 Å². The molecule has 1 aromatic rings. The lowest BCUT2D eigenvalue weighted by atomic mass is 10.4. The molecule has 0 spiro atoms. The van der Waals surface area contributed by atoms with Gasteiger partial charge in [0.1, 0.15) is 0 Å². The van der Waals surface area contributed by atoms with Crippen LogP contribution in [0.1, 0.15) is 11.4 Å². The molecule has 116 valence electrons. The fourth-order valence-corrected chi connectivity index (χ4v) is 2.38. The summed E-state index contributed by atoms with van der Waals surface area (Å²) in [5.41, 5.74) is 2.20. The van der Waals surface area contributed by atoms with Crippen LogP contribution < -0.4 is 10.6 Å². The minimum atomic E-state index is 0.540. The number of aliphatic imine (C=N–C) groups is 1. The Bertz CT molecular complexity index is 475. The minimum absolute atomic E-state index is 0.540. The van der Waals surface area contributed by atoms with E-state index >= 15 is 0 Å². The molecule has 0 aliphatic carbocycles. The molecule has 0 aromatic carbocycles. The van der Waals surface area contributed by atoms with Crippen LogP contribution in [0, 0.1) is 18.4 Å². The maximum Gasteiger partial charge on any atom is 0.204 e. The second kappa shape index (κ2) is 10.1. The summed E-state index contributed by atoms with van der Waals surface area (Å²) in [5, 5.41) is 14.4. The number of nitrogens with one attached hydrogen (secondary N) is 3. The smallest absolute Gasteiger partial charge is 0.204 e. The summed E-state index contributed by atoms with van der Waals surface area (Å²) >= 11 is 1.79. The number of aromatic amines is 1. The number of thioether (sulfide) groups is 1. The van der Waals surface area contributed by atoms with Gasteiger partial charge in [0.05, 0.1) is 18.6 Å². The molecule has 21 heavy (non-hydrogen) atoms. The molecule has 1 heterocycles. The van der Waals surface area contributed by atoms with Crippen LogP contribution in [-0.4, -0.2) is 60.3 Å². The third-order valence-electron chi connectivity index (χ3n) is 2.71. The van der Waals surface area contributed by atoms with E-state index in [1.165, 1.54) is 0 Å². The van der Waals surface area contributed by atoms with Gasteiger partial charge < -0.3 is 15.2 Å².